The lowest BCUT2D eigenvalue weighted by Gasteiger charge is -2.05. The summed E-state index contributed by atoms with van der Waals surface area (Å²) in [6, 6.07) is 7.97. The van der Waals surface area contributed by atoms with Gasteiger partial charge in [0.05, 0.1) is 11.4 Å². The molecule has 2 rings (SSSR count). The number of hydrogen-bond donors (Lipinski definition) is 1. The van der Waals surface area contributed by atoms with Crippen molar-refractivity contribution in [2.75, 3.05) is 6.54 Å². The predicted octanol–water partition coefficient (Wildman–Crippen LogP) is 5.14. The number of nitrogens with one attached hydrogen (secondary N) is 1. The highest BCUT2D eigenvalue weighted by atomic mass is 35.5. The fraction of sp³-hybridized carbons (Fsp3) is 0.438. The molecule has 1 aromatic carbocycles. The number of benzene rings is 1. The van der Waals surface area contributed by atoms with Gasteiger partial charge in [0.1, 0.15) is 5.01 Å². The first-order valence-electron chi connectivity index (χ1n) is 7.09. The molecule has 0 aliphatic carbocycles. The Morgan fingerprint density at radius 3 is 2.67 bits per heavy atom. The SMILES string of the molecule is Cc1nc(CSc2ccc(Cl)cc2)sc1CNCC(C)C. The smallest absolute Gasteiger partial charge is 0.103 e. The molecule has 0 aliphatic heterocycles. The predicted molar refractivity (Wildman–Crippen MR) is 94.4 cm³/mol. The number of rotatable bonds is 7. The highest BCUT2D eigenvalue weighted by Gasteiger charge is 2.08. The van der Waals surface area contributed by atoms with E-state index in [0.717, 1.165) is 29.6 Å². The lowest BCUT2D eigenvalue weighted by atomic mass is 10.2. The molecule has 0 atom stereocenters. The Balaban J connectivity index is 1.87. The maximum atomic E-state index is 5.90. The quantitative estimate of drug-likeness (QED) is 0.706. The first kappa shape index (κ1) is 16.8. The molecule has 21 heavy (non-hydrogen) atoms. The zero-order valence-electron chi connectivity index (χ0n) is 12.6. The molecular formula is C16H21ClN2S2. The van der Waals surface area contributed by atoms with E-state index in [9.17, 15) is 0 Å². The fourth-order valence-electron chi connectivity index (χ4n) is 1.86. The van der Waals surface area contributed by atoms with Crippen molar-refractivity contribution >= 4 is 34.7 Å². The molecule has 1 heterocycles. The van der Waals surface area contributed by atoms with Gasteiger partial charge in [0.2, 0.25) is 0 Å². The molecule has 0 amide bonds. The molecule has 0 unspecified atom stereocenters. The van der Waals surface area contributed by atoms with Crippen LogP contribution in [0.3, 0.4) is 0 Å². The Bertz CT molecular complexity index is 564. The molecule has 0 saturated carbocycles. The first-order valence-corrected chi connectivity index (χ1v) is 9.27. The summed E-state index contributed by atoms with van der Waals surface area (Å²) in [6.07, 6.45) is 0. The van der Waals surface area contributed by atoms with Gasteiger partial charge in [-0.05, 0) is 43.7 Å². The van der Waals surface area contributed by atoms with E-state index in [-0.39, 0.29) is 0 Å². The van der Waals surface area contributed by atoms with Gasteiger partial charge in [-0.1, -0.05) is 25.4 Å². The minimum atomic E-state index is 0.679. The third-order valence-electron chi connectivity index (χ3n) is 2.95. The zero-order chi connectivity index (χ0) is 15.2. The lowest BCUT2D eigenvalue weighted by molar-refractivity contribution is 0.554. The largest absolute Gasteiger partial charge is 0.312 e. The topological polar surface area (TPSA) is 24.9 Å². The molecule has 0 fully saturated rings. The molecule has 2 nitrogen and oxygen atoms in total. The fourth-order valence-corrected chi connectivity index (χ4v) is 3.92. The van der Waals surface area contributed by atoms with E-state index < -0.39 is 0 Å². The van der Waals surface area contributed by atoms with Gasteiger partial charge in [0, 0.05) is 21.3 Å². The van der Waals surface area contributed by atoms with Crippen LogP contribution >= 0.6 is 34.7 Å². The second-order valence-electron chi connectivity index (χ2n) is 5.38. The minimum absolute atomic E-state index is 0.679. The number of aromatic nitrogens is 1. The summed E-state index contributed by atoms with van der Waals surface area (Å²) in [5.74, 6) is 1.59. The summed E-state index contributed by atoms with van der Waals surface area (Å²) in [4.78, 5) is 7.25. The normalized spacial score (nSPS) is 11.3. The van der Waals surface area contributed by atoms with Gasteiger partial charge in [0.25, 0.3) is 0 Å². The van der Waals surface area contributed by atoms with Crippen molar-refractivity contribution in [3.05, 3.63) is 44.9 Å². The Morgan fingerprint density at radius 2 is 2.00 bits per heavy atom. The lowest BCUT2D eigenvalue weighted by Crippen LogP contribution is -2.18. The Hall–Kier alpha value is -0.550. The maximum Gasteiger partial charge on any atom is 0.103 e. The molecule has 1 aromatic heterocycles. The van der Waals surface area contributed by atoms with E-state index in [1.165, 1.54) is 14.8 Å². The summed E-state index contributed by atoms with van der Waals surface area (Å²) in [5, 5.41) is 5.45. The average molecular weight is 341 g/mol. The van der Waals surface area contributed by atoms with Gasteiger partial charge >= 0.3 is 0 Å². The summed E-state index contributed by atoms with van der Waals surface area (Å²) in [5.41, 5.74) is 1.16. The van der Waals surface area contributed by atoms with E-state index in [1.54, 1.807) is 11.8 Å². The monoisotopic (exact) mass is 340 g/mol. The minimum Gasteiger partial charge on any atom is -0.312 e. The van der Waals surface area contributed by atoms with Crippen molar-refractivity contribution in [3.63, 3.8) is 0 Å². The van der Waals surface area contributed by atoms with Crippen LogP contribution in [0.1, 0.15) is 29.4 Å². The summed E-state index contributed by atoms with van der Waals surface area (Å²) >= 11 is 9.51. The van der Waals surface area contributed by atoms with E-state index in [4.69, 9.17) is 11.6 Å². The second kappa shape index (κ2) is 8.18. The number of nitrogens with zero attached hydrogens (tertiary/aromatic N) is 1. The molecule has 0 saturated heterocycles. The van der Waals surface area contributed by atoms with Gasteiger partial charge in [-0.15, -0.1) is 23.1 Å². The van der Waals surface area contributed by atoms with Gasteiger partial charge in [0.15, 0.2) is 0 Å². The van der Waals surface area contributed by atoms with Crippen molar-refractivity contribution in [1.29, 1.82) is 0 Å². The second-order valence-corrected chi connectivity index (χ2v) is 8.04. The highest BCUT2D eigenvalue weighted by molar-refractivity contribution is 7.98. The maximum absolute atomic E-state index is 5.90. The number of halogens is 1. The van der Waals surface area contributed by atoms with E-state index >= 15 is 0 Å². The average Bonchev–Trinajstić information content (AvgIpc) is 2.78. The first-order chi connectivity index (χ1) is 10.0. The van der Waals surface area contributed by atoms with E-state index in [1.807, 2.05) is 23.5 Å². The number of aryl methyl sites for hydroxylation is 1. The van der Waals surface area contributed by atoms with Crippen LogP contribution in [0, 0.1) is 12.8 Å². The Kier molecular flexibility index (Phi) is 6.55. The van der Waals surface area contributed by atoms with Gasteiger partial charge in [-0.3, -0.25) is 0 Å². The van der Waals surface area contributed by atoms with Crippen molar-refractivity contribution < 1.29 is 0 Å². The molecule has 0 spiro atoms. The van der Waals surface area contributed by atoms with Crippen molar-refractivity contribution in [2.24, 2.45) is 5.92 Å². The van der Waals surface area contributed by atoms with Crippen LogP contribution in [0.5, 0.6) is 0 Å². The van der Waals surface area contributed by atoms with Gasteiger partial charge in [-0.2, -0.15) is 0 Å². The number of thioether (sulfide) groups is 1. The Labute approximate surface area is 140 Å². The molecular weight excluding hydrogens is 320 g/mol. The van der Waals surface area contributed by atoms with Crippen LogP contribution in [-0.2, 0) is 12.3 Å². The van der Waals surface area contributed by atoms with Crippen LogP contribution in [0.4, 0.5) is 0 Å². The third-order valence-corrected chi connectivity index (χ3v) is 5.57. The Morgan fingerprint density at radius 1 is 1.29 bits per heavy atom. The highest BCUT2D eigenvalue weighted by Crippen LogP contribution is 2.27. The molecule has 114 valence electrons. The summed E-state index contributed by atoms with van der Waals surface area (Å²) in [6.45, 7) is 8.51. The van der Waals surface area contributed by atoms with E-state index in [2.05, 4.69) is 43.2 Å². The van der Waals surface area contributed by atoms with Crippen LogP contribution in [0.2, 0.25) is 5.02 Å². The molecule has 0 aliphatic rings. The van der Waals surface area contributed by atoms with E-state index in [0.29, 0.717) is 5.92 Å². The van der Waals surface area contributed by atoms with Gasteiger partial charge < -0.3 is 5.32 Å². The van der Waals surface area contributed by atoms with Crippen LogP contribution in [0.25, 0.3) is 0 Å². The van der Waals surface area contributed by atoms with Crippen molar-refractivity contribution in [3.8, 4) is 0 Å². The van der Waals surface area contributed by atoms with Crippen molar-refractivity contribution in [1.82, 2.24) is 10.3 Å². The van der Waals surface area contributed by atoms with Crippen LogP contribution in [0.15, 0.2) is 29.2 Å². The standard InChI is InChI=1S/C16H21ClN2S2/c1-11(2)8-18-9-15-12(3)19-16(21-15)10-20-14-6-4-13(17)5-7-14/h4-7,11,18H,8-10H2,1-3H3. The third kappa shape index (κ3) is 5.62. The molecule has 1 N–H and O–H groups in total. The number of thiazole rings is 1. The van der Waals surface area contributed by atoms with Crippen LogP contribution < -0.4 is 5.32 Å². The number of hydrogen-bond acceptors (Lipinski definition) is 4. The summed E-state index contributed by atoms with van der Waals surface area (Å²) in [7, 11) is 0. The zero-order valence-corrected chi connectivity index (χ0v) is 15.0. The van der Waals surface area contributed by atoms with Crippen molar-refractivity contribution in [2.45, 2.75) is 38.0 Å². The molecule has 0 radical (unpaired) electrons. The molecule has 5 heteroatoms. The van der Waals surface area contributed by atoms with Gasteiger partial charge in [-0.25, -0.2) is 4.98 Å². The summed E-state index contributed by atoms with van der Waals surface area (Å²) < 4.78 is 0. The molecule has 2 aromatic rings. The van der Waals surface area contributed by atoms with Crippen LogP contribution in [-0.4, -0.2) is 11.5 Å². The molecule has 0 bridgehead atoms.